The molecule has 0 radical (unpaired) electrons. The van der Waals surface area contributed by atoms with Gasteiger partial charge in [-0.05, 0) is 82.0 Å². The molecule has 40 atom stereocenters. The van der Waals surface area contributed by atoms with Crippen molar-refractivity contribution < 1.29 is 128 Å². The molecule has 8 unspecified atom stereocenters. The molecule has 14 heterocycles. The van der Waals surface area contributed by atoms with E-state index in [0.29, 0.717) is 104 Å². The van der Waals surface area contributed by atoms with E-state index in [1.165, 1.54) is 47.0 Å². The highest BCUT2D eigenvalue weighted by Crippen LogP contribution is 2.38. The third-order valence-electron chi connectivity index (χ3n) is 26.7. The Morgan fingerprint density at radius 1 is 0.437 bits per heavy atom. The Kier molecular flexibility index (Phi) is 42.5. The summed E-state index contributed by atoms with van der Waals surface area (Å²) in [6, 6.07) is 1.75. The Labute approximate surface area is 820 Å². The van der Waals surface area contributed by atoms with Crippen molar-refractivity contribution in [1.29, 1.82) is 5.41 Å². The number of hydrogen-bond donors (Lipinski definition) is 25. The number of nitrogens with one attached hydrogen (secondary N) is 9. The fourth-order valence-corrected chi connectivity index (χ4v) is 22.9. The van der Waals surface area contributed by atoms with Gasteiger partial charge in [-0.1, -0.05) is 6.07 Å². The summed E-state index contributed by atoms with van der Waals surface area (Å²) in [6.07, 6.45) is -11.6. The molecule has 12 aliphatic heterocycles. The summed E-state index contributed by atoms with van der Waals surface area (Å²) in [4.78, 5) is 80.4. The predicted octanol–water partition coefficient (Wildman–Crippen LogP) is -7.44. The number of pyridine rings is 2. The minimum atomic E-state index is -1.44. The Bertz CT molecular complexity index is 4120. The normalized spacial score (nSPS) is 38.6. The number of carbonyl (C=O) groups is 5. The van der Waals surface area contributed by atoms with Gasteiger partial charge in [-0.3, -0.25) is 44.1 Å². The molecule has 12 fully saturated rings. The number of nitrogen functional groups attached to an aromatic ring is 2. The van der Waals surface area contributed by atoms with Gasteiger partial charge in [-0.2, -0.15) is 0 Å². The minimum absolute atomic E-state index is 0.0246. The smallest absolute Gasteiger partial charge is 0.317 e. The van der Waals surface area contributed by atoms with E-state index in [9.17, 15) is 85.3 Å². The van der Waals surface area contributed by atoms with Gasteiger partial charge in [0.25, 0.3) is 0 Å². The van der Waals surface area contributed by atoms with Gasteiger partial charge in [0.1, 0.15) is 155 Å². The van der Waals surface area contributed by atoms with Gasteiger partial charge in [0, 0.05) is 128 Å². The number of aliphatic carboxylic acids is 1. The molecule has 135 heavy (non-hydrogen) atoms. The predicted molar refractivity (Wildman–Crippen MR) is 505 cm³/mol. The first-order valence-corrected chi connectivity index (χ1v) is 52.0. The summed E-state index contributed by atoms with van der Waals surface area (Å²) in [5, 5.41) is 162. The summed E-state index contributed by atoms with van der Waals surface area (Å²) >= 11 is 30.3. The number of aliphatic hydroxyl groups excluding tert-OH is 12. The number of hydrogen-bond acceptors (Lipinski definition) is 41. The zero-order valence-corrected chi connectivity index (χ0v) is 82.5. The SMILES string of the molecule is CSC1O[C@H]([C@H](NC(=O)[C@H]2NC[C@@H]3CN(C(=N)N)CCO[C@H]32)[C@H](C)Cl)C(O)[C@@H](O)[C@H]1O.CSC1O[C@H]([C@H](NC(=O)[C@H]2NC[C@@H]3CN(CC(=O)O)CCO[C@H]32)[C@H](C)Cl)C(O)[C@@H](O)[C@H]1O.CSC1O[C@H]([C@H](NC(=O)[C@H]2NC[C@@H]3CN(Cc4ccc(N)nc4)CCO[C@H]32)[C@H](C)Cl)C(O)[C@@H](O)[C@H]1O.CSC1O[C@H]([C@H](NC(=O)[C@H]2NC[C@@H]3CN(Cc4ccnc(N)c4)CCO[C@H]32)[C@H](C)Cl)C(O)[C@@H](O)[C@H]1O. The number of halogens is 4. The Hall–Kier alpha value is -4.00. The highest BCUT2D eigenvalue weighted by molar-refractivity contribution is 7.99. The zero-order valence-electron chi connectivity index (χ0n) is 76.2. The molecular weight excluding hydrogens is 1940 g/mol. The Balaban J connectivity index is 0.000000173. The van der Waals surface area contributed by atoms with Crippen molar-refractivity contribution in [2.24, 2.45) is 29.4 Å². The first-order valence-electron chi connectivity index (χ1n) is 45.1. The van der Waals surface area contributed by atoms with Crippen molar-refractivity contribution in [3.63, 3.8) is 0 Å². The molecule has 0 aliphatic carbocycles. The molecule has 44 nitrogen and oxygen atoms in total. The van der Waals surface area contributed by atoms with Gasteiger partial charge in [-0.15, -0.1) is 93.5 Å². The molecule has 0 aromatic carbocycles. The van der Waals surface area contributed by atoms with Crippen LogP contribution in [0.2, 0.25) is 0 Å². The minimum Gasteiger partial charge on any atom is -0.480 e. The third kappa shape index (κ3) is 28.0. The first-order chi connectivity index (χ1) is 64.2. The van der Waals surface area contributed by atoms with E-state index in [2.05, 4.69) is 62.3 Å². The van der Waals surface area contributed by atoms with E-state index in [4.69, 9.17) is 112 Å². The maximum atomic E-state index is 13.4. The second-order valence-electron chi connectivity index (χ2n) is 36.1. The van der Waals surface area contributed by atoms with Crippen LogP contribution in [0.5, 0.6) is 0 Å². The van der Waals surface area contributed by atoms with Crippen LogP contribution >= 0.6 is 93.5 Å². The number of carboxylic acids is 1. The van der Waals surface area contributed by atoms with Gasteiger partial charge >= 0.3 is 5.97 Å². The molecule has 12 saturated heterocycles. The van der Waals surface area contributed by atoms with Crippen molar-refractivity contribution in [3.8, 4) is 0 Å². The molecule has 28 N–H and O–H groups in total. The lowest BCUT2D eigenvalue weighted by Crippen LogP contribution is -2.65. The number of nitrogens with two attached hydrogens (primary N) is 3. The number of aliphatic hydroxyl groups is 12. The van der Waals surface area contributed by atoms with Crippen molar-refractivity contribution in [2.75, 3.05) is 148 Å². The first kappa shape index (κ1) is 111. The number of carbonyl (C=O) groups excluding carboxylic acids is 4. The molecule has 2 aromatic rings. The second kappa shape index (κ2) is 51.5. The van der Waals surface area contributed by atoms with E-state index in [-0.39, 0.29) is 66.1 Å². The number of aromatic nitrogens is 2. The zero-order chi connectivity index (χ0) is 98.4. The van der Waals surface area contributed by atoms with E-state index >= 15 is 0 Å². The monoisotopic (exact) mass is 2070 g/mol. The van der Waals surface area contributed by atoms with Crippen LogP contribution in [0.1, 0.15) is 38.8 Å². The van der Waals surface area contributed by atoms with Crippen LogP contribution in [0.3, 0.4) is 0 Å². The average molecular weight is 2070 g/mol. The molecule has 4 amide bonds. The summed E-state index contributed by atoms with van der Waals surface area (Å²) in [7, 11) is 0. The van der Waals surface area contributed by atoms with Crippen LogP contribution in [0, 0.1) is 29.1 Å². The molecule has 2 aromatic heterocycles. The molecule has 12 aliphatic rings. The Morgan fingerprint density at radius 3 is 1.03 bits per heavy atom. The van der Waals surface area contributed by atoms with Gasteiger partial charge in [-0.25, -0.2) is 9.97 Å². The number of anilines is 2. The molecule has 0 spiro atoms. The molecular formula is C83H136Cl4N18O26S4. The van der Waals surface area contributed by atoms with Crippen LogP contribution in [-0.2, 0) is 75.0 Å². The van der Waals surface area contributed by atoms with Gasteiger partial charge in [0.05, 0.1) is 103 Å². The largest absolute Gasteiger partial charge is 0.480 e. The summed E-state index contributed by atoms with van der Waals surface area (Å²) < 4.78 is 47.4. The lowest BCUT2D eigenvalue weighted by molar-refractivity contribution is -0.205. The number of alkyl halides is 4. The molecule has 0 bridgehead atoms. The summed E-state index contributed by atoms with van der Waals surface area (Å²) in [5.74, 6) is -1.23. The maximum absolute atomic E-state index is 13.4. The van der Waals surface area contributed by atoms with Crippen molar-refractivity contribution in [3.05, 3.63) is 47.8 Å². The summed E-state index contributed by atoms with van der Waals surface area (Å²) in [6.45, 7) is 16.8. The van der Waals surface area contributed by atoms with Crippen LogP contribution in [0.25, 0.3) is 0 Å². The molecule has 766 valence electrons. The highest BCUT2D eigenvalue weighted by atomic mass is 35.5. The number of amides is 4. The van der Waals surface area contributed by atoms with Crippen molar-refractivity contribution in [2.45, 2.75) is 254 Å². The van der Waals surface area contributed by atoms with Gasteiger partial charge in [0.15, 0.2) is 5.96 Å². The number of guanidine groups is 1. The third-order valence-corrected chi connectivity index (χ3v) is 31.2. The maximum Gasteiger partial charge on any atom is 0.317 e. The quantitative estimate of drug-likeness (QED) is 0.0236. The molecule has 52 heteroatoms. The fourth-order valence-electron chi connectivity index (χ4n) is 19.4. The molecule has 0 saturated carbocycles. The van der Waals surface area contributed by atoms with Crippen LogP contribution < -0.4 is 59.7 Å². The fraction of sp³-hybridized carbons (Fsp3) is 0.807. The van der Waals surface area contributed by atoms with E-state index in [1.807, 2.05) is 18.2 Å². The number of carboxylic acid groups (broad SMARTS) is 1. The van der Waals surface area contributed by atoms with Crippen molar-refractivity contribution >= 4 is 141 Å². The molecule has 14 rings (SSSR count). The van der Waals surface area contributed by atoms with Crippen LogP contribution in [0.15, 0.2) is 36.7 Å². The highest BCUT2D eigenvalue weighted by Gasteiger charge is 2.56. The standard InChI is InChI=1S/2C23H36ClN5O6S.C19H32ClN3O8S.C18H32ClN5O6S/c1-11(24)15(21-18(31)17(30)19(32)23(35-21)36-2)28-22(33)16-20-13(8-27-16)10-29(5-6-34-20)9-12-3-4-26-14(25)7-12;1-11(24)15(21-18(31)17(30)19(32)23(35-21)36-2)28-22(33)16-20-13(8-27-16)10-29(5-6-34-20)9-12-3-4-14(25)26-7-12;1-8(20)11(17-14(27)13(26)15(28)19(31-17)32-2)22-18(29)12-16-9(5-21-12)6-23(3-4-30-16)7-10(24)25;1-7(19)9(15-12(26)11(25)13(27)17(30-15)31-2)23-16(28)10-14-8(5-22-10)6-24(18(20)21)3-4-29-14/h2*3-4,7,11,13,15-21,23,27,30-32H,5-6,8-10H2,1-2H3,(H2,25,26)(H,28,33);8-9,11-17,19,21,26-28H,3-7H2,1-2H3,(H,22,29)(H,24,25);7-15,17,22,25-27H,3-6H2,1-2H3,(H3,20,21)(H,23,28)/t2*11-,13+,15+,16-,17+,18?,19+,20+,21+,23?;8-,9+,11+,12-,13+,14?,15+,16+,17+,19?;7-,8+,9+,10-,11+,12?,13+,14+,15+,17?/m0000/s1. The van der Waals surface area contributed by atoms with E-state index in [0.717, 1.165) is 37.3 Å². The Morgan fingerprint density at radius 2 is 0.741 bits per heavy atom. The number of thioether (sulfide) groups is 4. The average Bonchev–Trinajstić information content (AvgIpc) is 1.61. The number of ether oxygens (including phenoxy) is 8. The van der Waals surface area contributed by atoms with Crippen LogP contribution in [0.4, 0.5) is 11.6 Å². The van der Waals surface area contributed by atoms with Gasteiger partial charge < -0.3 is 169 Å². The van der Waals surface area contributed by atoms with E-state index in [1.54, 1.807) is 81.0 Å². The number of nitrogens with zero attached hydrogens (tertiary/aromatic N) is 6. The number of rotatable bonds is 26. The lowest BCUT2D eigenvalue weighted by Gasteiger charge is -2.44. The topological polar surface area (TPSA) is 659 Å². The number of fused-ring (bicyclic) bond motifs is 4. The van der Waals surface area contributed by atoms with Crippen LogP contribution in [-0.4, -0.2) is 482 Å². The van der Waals surface area contributed by atoms with Crippen molar-refractivity contribution in [1.82, 2.24) is 72.1 Å². The second-order valence-corrected chi connectivity index (χ2v) is 42.6. The lowest BCUT2D eigenvalue weighted by atomic mass is 9.92. The van der Waals surface area contributed by atoms with E-state index < -0.39 is 213 Å². The summed E-state index contributed by atoms with van der Waals surface area (Å²) in [5.41, 5.74) is 16.2. The van der Waals surface area contributed by atoms with Gasteiger partial charge in [0.2, 0.25) is 23.6 Å².